The molecule has 0 bridgehead atoms. The quantitative estimate of drug-likeness (QED) is 0.502. The maximum absolute atomic E-state index is 10.4. The van der Waals surface area contributed by atoms with E-state index in [9.17, 15) is 14.4 Å². The van der Waals surface area contributed by atoms with Crippen LogP contribution in [0.2, 0.25) is 0 Å². The summed E-state index contributed by atoms with van der Waals surface area (Å²) in [6, 6.07) is 0. The second-order valence-electron chi connectivity index (χ2n) is 2.12. The molecule has 0 spiro atoms. The summed E-state index contributed by atoms with van der Waals surface area (Å²) in [6.45, 7) is 3.29. The zero-order valence-electron chi connectivity index (χ0n) is 9.94. The molecule has 0 saturated heterocycles. The molecule has 0 atom stereocenters. The molecular formula is C6H11BClNaO6. The van der Waals surface area contributed by atoms with Crippen molar-refractivity contribution in [1.82, 2.24) is 0 Å². The van der Waals surface area contributed by atoms with E-state index in [-0.39, 0.29) is 43.4 Å². The van der Waals surface area contributed by atoms with E-state index in [1.165, 1.54) is 0 Å². The summed E-state index contributed by atoms with van der Waals surface area (Å²) in [7, 11) is -1.59. The van der Waals surface area contributed by atoms with Crippen LogP contribution in [-0.2, 0) is 28.3 Å². The van der Waals surface area contributed by atoms with Crippen LogP contribution in [0.3, 0.4) is 0 Å². The third kappa shape index (κ3) is 13.8. The van der Waals surface area contributed by atoms with E-state index in [1.54, 1.807) is 0 Å². The van der Waals surface area contributed by atoms with Gasteiger partial charge in [0.05, 0.1) is 0 Å². The molecule has 0 aliphatic carbocycles. The topological polar surface area (TPSA) is 78.9 Å². The van der Waals surface area contributed by atoms with Crippen LogP contribution in [-0.4, -0.2) is 25.2 Å². The van der Waals surface area contributed by atoms with Crippen molar-refractivity contribution >= 4 is 37.6 Å². The fourth-order valence-electron chi connectivity index (χ4n) is 0.479. The van der Waals surface area contributed by atoms with Crippen molar-refractivity contribution in [3.8, 4) is 0 Å². The van der Waals surface area contributed by atoms with Gasteiger partial charge in [-0.25, -0.2) is 0 Å². The molecule has 0 aromatic carbocycles. The molecule has 15 heavy (non-hydrogen) atoms. The molecule has 0 aromatic heterocycles. The maximum Gasteiger partial charge on any atom is 1.00 e. The van der Waals surface area contributed by atoms with Gasteiger partial charge in [0.25, 0.3) is 17.9 Å². The molecule has 0 amide bonds. The van der Waals surface area contributed by atoms with Crippen LogP contribution in [0.15, 0.2) is 0 Å². The summed E-state index contributed by atoms with van der Waals surface area (Å²) in [5, 5.41) is 0. The van der Waals surface area contributed by atoms with E-state index >= 15 is 0 Å². The Hall–Kier alpha value is -0.235. The molecule has 0 aromatic rings. The van der Waals surface area contributed by atoms with E-state index in [1.807, 2.05) is 0 Å². The molecule has 0 rings (SSSR count). The van der Waals surface area contributed by atoms with Crippen molar-refractivity contribution in [2.24, 2.45) is 0 Å². The van der Waals surface area contributed by atoms with Crippen molar-refractivity contribution in [1.29, 1.82) is 0 Å². The minimum absolute atomic E-state index is 0. The fraction of sp³-hybridized carbons (Fsp3) is 0.500. The maximum atomic E-state index is 10.4. The zero-order valence-corrected chi connectivity index (χ0v) is 11.8. The number of carbonyl (C=O) groups excluding carboxylic acids is 3. The van der Waals surface area contributed by atoms with Crippen LogP contribution in [0.1, 0.15) is 22.2 Å². The first-order valence-corrected chi connectivity index (χ1v) is 3.43. The minimum Gasteiger partial charge on any atom is -1.00 e. The van der Waals surface area contributed by atoms with Crippen molar-refractivity contribution in [2.45, 2.75) is 20.8 Å². The van der Waals surface area contributed by atoms with Gasteiger partial charge < -0.3 is 15.4 Å². The average Bonchev–Trinajstić information content (AvgIpc) is 1.80. The van der Waals surface area contributed by atoms with E-state index in [0.29, 0.717) is 0 Å². The average molecular weight is 248 g/mol. The first-order valence-electron chi connectivity index (χ1n) is 3.43. The smallest absolute Gasteiger partial charge is 1.00 e. The number of rotatable bonds is 3. The Kier molecular flexibility index (Phi) is 13.9. The second kappa shape index (κ2) is 10.3. The van der Waals surface area contributed by atoms with Gasteiger partial charge in [-0.2, -0.15) is 0 Å². The van der Waals surface area contributed by atoms with Gasteiger partial charge in [0, 0.05) is 20.8 Å². The van der Waals surface area contributed by atoms with Crippen molar-refractivity contribution in [3.63, 3.8) is 0 Å². The molecule has 82 valence electrons. The van der Waals surface area contributed by atoms with Crippen molar-refractivity contribution in [2.75, 3.05) is 0 Å². The third-order valence-electron chi connectivity index (χ3n) is 0.787. The largest absolute Gasteiger partial charge is 1.00 e. The second-order valence-corrected chi connectivity index (χ2v) is 2.12. The van der Waals surface area contributed by atoms with Gasteiger partial charge in [0.15, 0.2) is 0 Å². The number of hydrogen-bond acceptors (Lipinski definition) is 6. The molecule has 0 unspecified atom stereocenters. The predicted octanol–water partition coefficient (Wildman–Crippen LogP) is -2.80. The molecule has 0 saturated carbocycles. The molecule has 0 radical (unpaired) electrons. The summed E-state index contributed by atoms with van der Waals surface area (Å²) in [5.74, 6) is -2.15. The minimum atomic E-state index is -1.59. The van der Waals surface area contributed by atoms with Gasteiger partial charge in [-0.05, 0) is 0 Å². The predicted molar refractivity (Wildman–Crippen MR) is 49.4 cm³/mol. The molecule has 0 heterocycles. The van der Waals surface area contributed by atoms with Crippen LogP contribution < -0.4 is 29.6 Å². The third-order valence-corrected chi connectivity index (χ3v) is 0.787. The Bertz CT molecular complexity index is 203. The van der Waals surface area contributed by atoms with Crippen LogP contribution in [0.25, 0.3) is 0 Å². The molecule has 0 aliphatic rings. The van der Waals surface area contributed by atoms with Gasteiger partial charge in [0.2, 0.25) is 0 Å². The Morgan fingerprint density at radius 1 is 0.867 bits per heavy atom. The monoisotopic (exact) mass is 248 g/mol. The van der Waals surface area contributed by atoms with Gasteiger partial charge in [-0.3, -0.25) is 14.4 Å². The normalized spacial score (nSPS) is 7.40. The molecule has 6 nitrogen and oxygen atoms in total. The van der Waals surface area contributed by atoms with E-state index in [0.717, 1.165) is 20.8 Å². The molecule has 0 N–H and O–H groups in total. The number of carbonyl (C=O) groups is 3. The standard InChI is InChI=1S/C6H9BO6.ClH.Na.H/c1-4(8)11-7(12-5(2)9)13-6(3)10;;;/h1-3H3;1H;;/q;;+1;-1. The summed E-state index contributed by atoms with van der Waals surface area (Å²) in [4.78, 5) is 31.2. The molecule has 0 fully saturated rings. The van der Waals surface area contributed by atoms with Crippen molar-refractivity contribution < 1.29 is 59.3 Å². The van der Waals surface area contributed by atoms with Crippen LogP contribution in [0.4, 0.5) is 0 Å². The molecule has 0 aliphatic heterocycles. The summed E-state index contributed by atoms with van der Waals surface area (Å²) >= 11 is 0. The van der Waals surface area contributed by atoms with Crippen molar-refractivity contribution in [3.05, 3.63) is 0 Å². The Morgan fingerprint density at radius 3 is 1.20 bits per heavy atom. The van der Waals surface area contributed by atoms with E-state index < -0.39 is 25.2 Å². The first-order chi connectivity index (χ1) is 5.91. The summed E-state index contributed by atoms with van der Waals surface area (Å²) < 4.78 is 13.0. The fourth-order valence-corrected chi connectivity index (χ4v) is 0.479. The van der Waals surface area contributed by atoms with Crippen LogP contribution in [0.5, 0.6) is 0 Å². The van der Waals surface area contributed by atoms with Crippen LogP contribution >= 0.6 is 12.4 Å². The zero-order chi connectivity index (χ0) is 10.4. The Morgan fingerprint density at radius 2 is 1.07 bits per heavy atom. The molecule has 9 heteroatoms. The Balaban J connectivity index is -0.000000240. The number of hydrogen-bond donors (Lipinski definition) is 0. The molecular weight excluding hydrogens is 237 g/mol. The number of halogens is 1. The van der Waals surface area contributed by atoms with Gasteiger partial charge >= 0.3 is 36.9 Å². The first kappa shape index (κ1) is 20.2. The van der Waals surface area contributed by atoms with E-state index in [2.05, 4.69) is 14.0 Å². The van der Waals surface area contributed by atoms with Crippen LogP contribution in [0, 0.1) is 0 Å². The van der Waals surface area contributed by atoms with Gasteiger partial charge in [-0.15, -0.1) is 12.4 Å². The van der Waals surface area contributed by atoms with E-state index in [4.69, 9.17) is 0 Å². The summed E-state index contributed by atoms with van der Waals surface area (Å²) in [5.41, 5.74) is 0. The van der Waals surface area contributed by atoms with Gasteiger partial charge in [0.1, 0.15) is 0 Å². The van der Waals surface area contributed by atoms with Gasteiger partial charge in [-0.1, -0.05) is 0 Å². The SMILES string of the molecule is CC(=O)OB(OC(C)=O)OC(C)=O.Cl.[H-].[Na+]. The summed E-state index contributed by atoms with van der Waals surface area (Å²) in [6.07, 6.45) is 0. The Labute approximate surface area is 117 Å².